The van der Waals surface area contributed by atoms with Crippen LogP contribution in [0.3, 0.4) is 0 Å². The van der Waals surface area contributed by atoms with Crippen LogP contribution < -0.4 is 9.46 Å². The zero-order valence-electron chi connectivity index (χ0n) is 19.8. The zero-order valence-corrected chi connectivity index (χ0v) is 20.7. The molecule has 13 heteroatoms. The summed E-state index contributed by atoms with van der Waals surface area (Å²) in [6, 6.07) is 7.99. The molecule has 0 saturated carbocycles. The Bertz CT molecular complexity index is 1470. The van der Waals surface area contributed by atoms with E-state index in [1.807, 2.05) is 0 Å². The van der Waals surface area contributed by atoms with Gasteiger partial charge < -0.3 is 4.74 Å². The van der Waals surface area contributed by atoms with Gasteiger partial charge in [-0.25, -0.2) is 22.2 Å². The van der Waals surface area contributed by atoms with Crippen molar-refractivity contribution in [1.82, 2.24) is 29.7 Å². The molecule has 3 heterocycles. The molecular weight excluding hydrogens is 492 g/mol. The number of rotatable bonds is 8. The average molecular weight is 516 g/mol. The molecule has 0 saturated heterocycles. The molecule has 0 unspecified atom stereocenters. The predicted octanol–water partition coefficient (Wildman–Crippen LogP) is 3.65. The lowest BCUT2D eigenvalue weighted by atomic mass is 10.1. The quantitative estimate of drug-likeness (QED) is 0.377. The first-order valence-electron chi connectivity index (χ1n) is 10.8. The molecule has 0 aliphatic heterocycles. The van der Waals surface area contributed by atoms with Crippen molar-refractivity contribution in [2.24, 2.45) is 0 Å². The van der Waals surface area contributed by atoms with Gasteiger partial charge in [-0.05, 0) is 32.0 Å². The van der Waals surface area contributed by atoms with Gasteiger partial charge in [0, 0.05) is 24.4 Å². The van der Waals surface area contributed by atoms with Gasteiger partial charge >= 0.3 is 0 Å². The molecule has 4 aromatic rings. The maximum atomic E-state index is 14.9. The highest BCUT2D eigenvalue weighted by molar-refractivity contribution is 7.93. The van der Waals surface area contributed by atoms with Crippen LogP contribution in [0.2, 0.25) is 0 Å². The van der Waals surface area contributed by atoms with Crippen molar-refractivity contribution in [1.29, 1.82) is 0 Å². The number of pyridine rings is 1. The second-order valence-electron chi connectivity index (χ2n) is 8.04. The van der Waals surface area contributed by atoms with Crippen molar-refractivity contribution < 1.29 is 21.9 Å². The second kappa shape index (κ2) is 9.93. The summed E-state index contributed by atoms with van der Waals surface area (Å²) in [6.45, 7) is 4.95. The molecule has 0 aliphatic rings. The molecule has 0 fully saturated rings. The third-order valence-corrected chi connectivity index (χ3v) is 7.53. The summed E-state index contributed by atoms with van der Waals surface area (Å²) in [4.78, 5) is 12.7. The summed E-state index contributed by atoms with van der Waals surface area (Å²) >= 11 is 0. The van der Waals surface area contributed by atoms with E-state index >= 15 is 0 Å². The summed E-state index contributed by atoms with van der Waals surface area (Å²) < 4.78 is 64.7. The smallest absolute Gasteiger partial charge is 0.243 e. The van der Waals surface area contributed by atoms with Crippen LogP contribution in [0.5, 0.6) is 5.88 Å². The molecule has 1 N–H and O–H groups in total. The summed E-state index contributed by atoms with van der Waals surface area (Å²) in [6.07, 6.45) is 3.05. The molecule has 4 rings (SSSR count). The SMILES string of the molecule is COc1cccc(-c2nnc(NS(=O)(=O)[C@@H](C)[C@H](C)c3cnc(C)cn3)n2-c2c(F)cccc2F)n1. The number of aromatic nitrogens is 6. The van der Waals surface area contributed by atoms with Crippen molar-refractivity contribution in [3.8, 4) is 23.1 Å². The standard InChI is InChI=1S/C23H23F2N7O3S/c1-13-11-27-19(12-26-13)14(2)15(3)36(33,34)31-23-30-29-22(18-9-6-10-20(28-18)35-4)32(23)21-16(24)7-5-8-17(21)25/h5-12,14-15H,1-4H3,(H,30,31)/t14-,15-/m0/s1. The molecule has 10 nitrogen and oxygen atoms in total. The average Bonchev–Trinajstić information content (AvgIpc) is 3.25. The number of halogens is 2. The van der Waals surface area contributed by atoms with Crippen molar-refractivity contribution in [3.05, 3.63) is 71.8 Å². The van der Waals surface area contributed by atoms with Crippen LogP contribution in [0, 0.1) is 18.6 Å². The lowest BCUT2D eigenvalue weighted by Crippen LogP contribution is -2.31. The summed E-state index contributed by atoms with van der Waals surface area (Å²) in [5.41, 5.74) is 0.760. The van der Waals surface area contributed by atoms with Crippen LogP contribution in [0.4, 0.5) is 14.7 Å². The van der Waals surface area contributed by atoms with Gasteiger partial charge in [0.25, 0.3) is 0 Å². The van der Waals surface area contributed by atoms with Crippen molar-refractivity contribution in [2.75, 3.05) is 11.8 Å². The number of hydrogen-bond acceptors (Lipinski definition) is 8. The number of nitrogens with zero attached hydrogens (tertiary/aromatic N) is 6. The van der Waals surface area contributed by atoms with Gasteiger partial charge in [-0.2, -0.15) is 0 Å². The number of methoxy groups -OCH3 is 1. The molecule has 0 amide bonds. The van der Waals surface area contributed by atoms with Gasteiger partial charge in [0.1, 0.15) is 23.0 Å². The van der Waals surface area contributed by atoms with E-state index in [1.165, 1.54) is 32.4 Å². The molecule has 1 aromatic carbocycles. The first-order chi connectivity index (χ1) is 17.1. The highest BCUT2D eigenvalue weighted by atomic mass is 32.2. The van der Waals surface area contributed by atoms with E-state index in [2.05, 4.69) is 29.9 Å². The first kappa shape index (κ1) is 25.1. The zero-order chi connectivity index (χ0) is 26.0. The minimum atomic E-state index is -4.14. The van der Waals surface area contributed by atoms with Crippen molar-refractivity contribution in [3.63, 3.8) is 0 Å². The number of ether oxygens (including phenoxy) is 1. The number of anilines is 1. The van der Waals surface area contributed by atoms with Gasteiger partial charge in [-0.3, -0.25) is 19.3 Å². The Balaban J connectivity index is 1.80. The fourth-order valence-corrected chi connectivity index (χ4v) is 4.70. The highest BCUT2D eigenvalue weighted by Gasteiger charge is 2.32. The molecular formula is C23H23F2N7O3S. The Kier molecular flexibility index (Phi) is 6.93. The van der Waals surface area contributed by atoms with Crippen LogP contribution in [0.25, 0.3) is 17.2 Å². The number of nitrogens with one attached hydrogen (secondary N) is 1. The molecule has 0 spiro atoms. The largest absolute Gasteiger partial charge is 0.481 e. The number of para-hydroxylation sites is 1. The van der Waals surface area contributed by atoms with Gasteiger partial charge in [0.2, 0.25) is 21.9 Å². The third-order valence-electron chi connectivity index (χ3n) is 5.68. The van der Waals surface area contributed by atoms with Gasteiger partial charge in [0.15, 0.2) is 5.82 Å². The van der Waals surface area contributed by atoms with Gasteiger partial charge in [0.05, 0.1) is 23.7 Å². The molecule has 36 heavy (non-hydrogen) atoms. The van der Waals surface area contributed by atoms with E-state index in [1.54, 1.807) is 32.2 Å². The number of aryl methyl sites for hydroxylation is 1. The van der Waals surface area contributed by atoms with Crippen LogP contribution >= 0.6 is 0 Å². The number of benzene rings is 1. The van der Waals surface area contributed by atoms with E-state index in [4.69, 9.17) is 4.74 Å². The normalized spacial score (nSPS) is 13.3. The molecule has 0 aliphatic carbocycles. The summed E-state index contributed by atoms with van der Waals surface area (Å²) in [7, 11) is -2.73. The third kappa shape index (κ3) is 4.87. The van der Waals surface area contributed by atoms with Crippen LogP contribution in [-0.2, 0) is 10.0 Å². The van der Waals surface area contributed by atoms with Gasteiger partial charge in [-0.1, -0.05) is 19.1 Å². The Hall–Kier alpha value is -4.00. The fraction of sp³-hybridized carbons (Fsp3) is 0.261. The fourth-order valence-electron chi connectivity index (χ4n) is 3.45. The maximum absolute atomic E-state index is 14.9. The molecule has 3 aromatic heterocycles. The van der Waals surface area contributed by atoms with Crippen LogP contribution in [0.1, 0.15) is 31.2 Å². The number of sulfonamides is 1. The summed E-state index contributed by atoms with van der Waals surface area (Å²) in [5.74, 6) is -2.74. The Morgan fingerprint density at radius 3 is 2.33 bits per heavy atom. The Labute approximate surface area is 206 Å². The van der Waals surface area contributed by atoms with E-state index in [0.29, 0.717) is 11.4 Å². The summed E-state index contributed by atoms with van der Waals surface area (Å²) in [5, 5.41) is 6.88. The van der Waals surface area contributed by atoms with Crippen molar-refractivity contribution in [2.45, 2.75) is 31.9 Å². The second-order valence-corrected chi connectivity index (χ2v) is 10.1. The lowest BCUT2D eigenvalue weighted by Gasteiger charge is -2.21. The van der Waals surface area contributed by atoms with Crippen LogP contribution in [0.15, 0.2) is 48.8 Å². The maximum Gasteiger partial charge on any atom is 0.243 e. The van der Waals surface area contributed by atoms with E-state index in [0.717, 1.165) is 16.7 Å². The van der Waals surface area contributed by atoms with Crippen molar-refractivity contribution >= 4 is 16.0 Å². The van der Waals surface area contributed by atoms with E-state index < -0.39 is 44.5 Å². The predicted molar refractivity (Wildman–Crippen MR) is 128 cm³/mol. The number of hydrogen-bond donors (Lipinski definition) is 1. The molecule has 0 bridgehead atoms. The molecule has 2 atom stereocenters. The minimum absolute atomic E-state index is 0.0966. The van der Waals surface area contributed by atoms with Crippen LogP contribution in [-0.4, -0.2) is 50.5 Å². The first-order valence-corrected chi connectivity index (χ1v) is 12.4. The monoisotopic (exact) mass is 515 g/mol. The van der Waals surface area contributed by atoms with E-state index in [9.17, 15) is 17.2 Å². The Morgan fingerprint density at radius 2 is 1.69 bits per heavy atom. The Morgan fingerprint density at radius 1 is 1.00 bits per heavy atom. The minimum Gasteiger partial charge on any atom is -0.481 e. The highest BCUT2D eigenvalue weighted by Crippen LogP contribution is 2.30. The van der Waals surface area contributed by atoms with E-state index in [-0.39, 0.29) is 17.4 Å². The lowest BCUT2D eigenvalue weighted by molar-refractivity contribution is 0.398. The molecule has 188 valence electrons. The molecule has 0 radical (unpaired) electrons. The van der Waals surface area contributed by atoms with Gasteiger partial charge in [-0.15, -0.1) is 10.2 Å². The topological polar surface area (TPSA) is 125 Å².